The summed E-state index contributed by atoms with van der Waals surface area (Å²) in [6.07, 6.45) is 4.11. The molecule has 0 atom stereocenters. The van der Waals surface area contributed by atoms with E-state index < -0.39 is 5.91 Å². The van der Waals surface area contributed by atoms with Gasteiger partial charge in [-0.3, -0.25) is 4.79 Å². The van der Waals surface area contributed by atoms with Crippen LogP contribution >= 0.6 is 23.2 Å². The summed E-state index contributed by atoms with van der Waals surface area (Å²) in [5, 5.41) is 1.14. The van der Waals surface area contributed by atoms with Gasteiger partial charge in [0.25, 0.3) is 5.91 Å². The van der Waals surface area contributed by atoms with Crippen LogP contribution in [0.25, 0.3) is 11.1 Å². The van der Waals surface area contributed by atoms with Gasteiger partial charge in [0, 0.05) is 21.2 Å². The van der Waals surface area contributed by atoms with Crippen molar-refractivity contribution in [1.29, 1.82) is 0 Å². The zero-order valence-electron chi connectivity index (χ0n) is 16.2. The molecule has 0 aliphatic rings. The van der Waals surface area contributed by atoms with Gasteiger partial charge < -0.3 is 16.4 Å². The number of unbranched alkanes of at least 4 members (excludes halogenated alkanes) is 2. The number of hydrogen-bond acceptors (Lipinski definition) is 2. The third-order valence-electron chi connectivity index (χ3n) is 4.28. The molecule has 2 rings (SSSR count). The van der Waals surface area contributed by atoms with Crippen LogP contribution in [-0.2, 0) is 6.42 Å². The third-order valence-corrected chi connectivity index (χ3v) is 4.85. The Bertz CT molecular complexity index is 861. The topological polar surface area (TPSA) is 84.7 Å². The van der Waals surface area contributed by atoms with E-state index in [4.69, 9.17) is 34.7 Å². The van der Waals surface area contributed by atoms with Crippen LogP contribution < -0.4 is 11.5 Å². The zero-order valence-corrected chi connectivity index (χ0v) is 17.7. The summed E-state index contributed by atoms with van der Waals surface area (Å²) in [6, 6.07) is 10.9. The second-order valence-corrected chi connectivity index (χ2v) is 7.84. The number of nitrogens with two attached hydrogens (primary N) is 2. The van der Waals surface area contributed by atoms with Crippen LogP contribution in [-0.4, -0.2) is 37.4 Å². The predicted molar refractivity (Wildman–Crippen MR) is 118 cm³/mol. The highest BCUT2D eigenvalue weighted by Gasteiger charge is 2.12. The summed E-state index contributed by atoms with van der Waals surface area (Å²) in [5.74, 6) is -0.740. The van der Waals surface area contributed by atoms with Crippen LogP contribution in [0, 0.1) is 0 Å². The van der Waals surface area contributed by atoms with Gasteiger partial charge in [0.2, 0.25) is 0 Å². The van der Waals surface area contributed by atoms with Crippen molar-refractivity contribution in [3.63, 3.8) is 0 Å². The number of hydrogen-bond donors (Lipinski definition) is 2. The molecular formula is C21H26Cl2N4O. The first-order valence-electron chi connectivity index (χ1n) is 9.14. The van der Waals surface area contributed by atoms with Gasteiger partial charge in [-0.1, -0.05) is 35.7 Å². The maximum absolute atomic E-state index is 12.4. The summed E-state index contributed by atoms with van der Waals surface area (Å²) in [5.41, 5.74) is 13.8. The first-order valence-corrected chi connectivity index (χ1v) is 9.90. The van der Waals surface area contributed by atoms with Crippen molar-refractivity contribution in [3.05, 3.63) is 57.6 Å². The van der Waals surface area contributed by atoms with Crippen molar-refractivity contribution in [2.24, 2.45) is 16.5 Å². The Morgan fingerprint density at radius 2 is 1.79 bits per heavy atom. The molecular weight excluding hydrogens is 395 g/mol. The van der Waals surface area contributed by atoms with E-state index in [1.165, 1.54) is 0 Å². The second kappa shape index (κ2) is 10.5. The highest BCUT2D eigenvalue weighted by atomic mass is 35.5. The molecule has 7 heteroatoms. The quantitative estimate of drug-likeness (QED) is 0.377. The van der Waals surface area contributed by atoms with E-state index in [1.54, 1.807) is 24.3 Å². The number of rotatable bonds is 8. The van der Waals surface area contributed by atoms with Crippen molar-refractivity contribution in [2.75, 3.05) is 20.6 Å². The van der Waals surface area contributed by atoms with Crippen molar-refractivity contribution in [2.45, 2.75) is 25.7 Å². The zero-order chi connectivity index (χ0) is 20.7. The molecule has 0 spiro atoms. The molecule has 0 aliphatic heterocycles. The highest BCUT2D eigenvalue weighted by molar-refractivity contribution is 6.35. The van der Waals surface area contributed by atoms with E-state index in [0.29, 0.717) is 15.6 Å². The Balaban J connectivity index is 2.32. The second-order valence-electron chi connectivity index (χ2n) is 7.00. The van der Waals surface area contributed by atoms with Gasteiger partial charge in [-0.05, 0) is 81.4 Å². The fourth-order valence-corrected chi connectivity index (χ4v) is 3.35. The van der Waals surface area contributed by atoms with Gasteiger partial charge in [-0.2, -0.15) is 4.99 Å². The SMILES string of the molecule is CN(C)CCCCCc1cc(C(=O)N=C(N)N)cc(-c2cc(Cl)ccc2Cl)c1. The number of carbonyl (C=O) groups is 1. The van der Waals surface area contributed by atoms with Gasteiger partial charge >= 0.3 is 0 Å². The largest absolute Gasteiger partial charge is 0.370 e. The van der Waals surface area contributed by atoms with E-state index in [1.807, 2.05) is 12.1 Å². The maximum atomic E-state index is 12.4. The number of guanidine groups is 1. The molecule has 0 aliphatic carbocycles. The van der Waals surface area contributed by atoms with E-state index >= 15 is 0 Å². The molecule has 2 aromatic carbocycles. The molecule has 0 fully saturated rings. The first kappa shape index (κ1) is 22.2. The van der Waals surface area contributed by atoms with Crippen LogP contribution in [0.15, 0.2) is 41.4 Å². The van der Waals surface area contributed by atoms with E-state index in [2.05, 4.69) is 24.0 Å². The van der Waals surface area contributed by atoms with Crippen molar-refractivity contribution < 1.29 is 4.79 Å². The number of aryl methyl sites for hydroxylation is 1. The van der Waals surface area contributed by atoms with Gasteiger partial charge in [0.15, 0.2) is 5.96 Å². The van der Waals surface area contributed by atoms with Crippen LogP contribution in [0.2, 0.25) is 10.0 Å². The van der Waals surface area contributed by atoms with Gasteiger partial charge in [0.1, 0.15) is 0 Å². The molecule has 4 N–H and O–H groups in total. The van der Waals surface area contributed by atoms with Crippen molar-refractivity contribution in [1.82, 2.24) is 4.90 Å². The lowest BCUT2D eigenvalue weighted by Gasteiger charge is -2.11. The normalized spacial score (nSPS) is 10.9. The molecule has 0 aromatic heterocycles. The Hall–Kier alpha value is -2.08. The Labute approximate surface area is 176 Å². The van der Waals surface area contributed by atoms with Crippen molar-refractivity contribution in [3.8, 4) is 11.1 Å². The molecule has 28 heavy (non-hydrogen) atoms. The molecule has 0 unspecified atom stereocenters. The first-order chi connectivity index (χ1) is 13.3. The highest BCUT2D eigenvalue weighted by Crippen LogP contribution is 2.32. The molecule has 0 bridgehead atoms. The summed E-state index contributed by atoms with van der Waals surface area (Å²) in [4.78, 5) is 18.2. The number of benzene rings is 2. The maximum Gasteiger partial charge on any atom is 0.280 e. The van der Waals surface area contributed by atoms with Crippen LogP contribution in [0.1, 0.15) is 35.2 Å². The number of carbonyl (C=O) groups excluding carboxylic acids is 1. The Morgan fingerprint density at radius 3 is 2.46 bits per heavy atom. The molecule has 1 amide bonds. The fourth-order valence-electron chi connectivity index (χ4n) is 2.95. The van der Waals surface area contributed by atoms with Gasteiger partial charge in [-0.25, -0.2) is 0 Å². The summed E-state index contributed by atoms with van der Waals surface area (Å²) < 4.78 is 0. The summed E-state index contributed by atoms with van der Waals surface area (Å²) in [7, 11) is 4.14. The minimum Gasteiger partial charge on any atom is -0.370 e. The molecule has 0 saturated carbocycles. The lowest BCUT2D eigenvalue weighted by Crippen LogP contribution is -2.24. The van der Waals surface area contributed by atoms with E-state index in [-0.39, 0.29) is 5.96 Å². The van der Waals surface area contributed by atoms with Crippen LogP contribution in [0.3, 0.4) is 0 Å². The van der Waals surface area contributed by atoms with E-state index in [0.717, 1.165) is 48.9 Å². The number of amides is 1. The third kappa shape index (κ3) is 6.82. The van der Waals surface area contributed by atoms with Crippen LogP contribution in [0.4, 0.5) is 0 Å². The Kier molecular flexibility index (Phi) is 8.30. The molecule has 0 saturated heterocycles. The van der Waals surface area contributed by atoms with Gasteiger partial charge in [-0.15, -0.1) is 0 Å². The smallest absolute Gasteiger partial charge is 0.280 e. The molecule has 2 aromatic rings. The average molecular weight is 421 g/mol. The fraction of sp³-hybridized carbons (Fsp3) is 0.333. The lowest BCUT2D eigenvalue weighted by atomic mass is 9.96. The van der Waals surface area contributed by atoms with Crippen LogP contribution in [0.5, 0.6) is 0 Å². The monoisotopic (exact) mass is 420 g/mol. The molecule has 5 nitrogen and oxygen atoms in total. The average Bonchev–Trinajstić information content (AvgIpc) is 2.62. The Morgan fingerprint density at radius 1 is 1.04 bits per heavy atom. The molecule has 0 heterocycles. The number of aliphatic imine (C=N–C) groups is 1. The minimum atomic E-state index is -0.478. The number of nitrogens with zero attached hydrogens (tertiary/aromatic N) is 2. The van der Waals surface area contributed by atoms with Crippen molar-refractivity contribution >= 4 is 35.1 Å². The molecule has 0 radical (unpaired) electrons. The van der Waals surface area contributed by atoms with Gasteiger partial charge in [0.05, 0.1) is 0 Å². The summed E-state index contributed by atoms with van der Waals surface area (Å²) in [6.45, 7) is 1.06. The summed E-state index contributed by atoms with van der Waals surface area (Å²) >= 11 is 12.5. The number of halogens is 2. The van der Waals surface area contributed by atoms with E-state index in [9.17, 15) is 4.79 Å². The lowest BCUT2D eigenvalue weighted by molar-refractivity contribution is 0.100. The molecule has 150 valence electrons. The predicted octanol–water partition coefficient (Wildman–Crippen LogP) is 4.35. The standard InChI is InChI=1S/C21H26Cl2N4O/c1-27(2)9-5-3-4-6-14-10-15(18-13-17(22)7-8-19(18)23)12-16(11-14)20(28)26-21(24)25/h7-8,10-13H,3-6,9H2,1-2H3,(H4,24,25,26,28). The minimum absolute atomic E-state index is 0.263.